The molecule has 1 aliphatic rings. The summed E-state index contributed by atoms with van der Waals surface area (Å²) < 4.78 is 2.05. The van der Waals surface area contributed by atoms with Crippen molar-refractivity contribution in [3.63, 3.8) is 0 Å². The van der Waals surface area contributed by atoms with Crippen molar-refractivity contribution < 1.29 is 5.11 Å². The Bertz CT molecular complexity index is 942. The molecular formula is C21H21N3O. The van der Waals surface area contributed by atoms with Crippen LogP contribution in [-0.2, 0) is 0 Å². The fourth-order valence-electron chi connectivity index (χ4n) is 3.68. The Hall–Kier alpha value is -2.77. The molecule has 25 heavy (non-hydrogen) atoms. The average molecular weight is 331 g/mol. The third kappa shape index (κ3) is 2.88. The molecule has 2 heterocycles. The van der Waals surface area contributed by atoms with Gasteiger partial charge in [-0.05, 0) is 56.2 Å². The van der Waals surface area contributed by atoms with Crippen molar-refractivity contribution in [2.24, 2.45) is 0 Å². The zero-order valence-electron chi connectivity index (χ0n) is 14.3. The smallest absolute Gasteiger partial charge is 0.199 e. The minimum Gasteiger partial charge on any atom is -0.494 e. The maximum atomic E-state index is 10.7. The zero-order valence-corrected chi connectivity index (χ0v) is 14.3. The Kier molecular flexibility index (Phi) is 3.95. The third-order valence-corrected chi connectivity index (χ3v) is 5.23. The van der Waals surface area contributed by atoms with Gasteiger partial charge in [-0.2, -0.15) is 0 Å². The predicted octanol–water partition coefficient (Wildman–Crippen LogP) is 4.83. The molecule has 0 radical (unpaired) electrons. The van der Waals surface area contributed by atoms with E-state index < -0.39 is 0 Å². The van der Waals surface area contributed by atoms with Crippen molar-refractivity contribution in [1.29, 1.82) is 0 Å². The van der Waals surface area contributed by atoms with Crippen LogP contribution in [0.5, 0.6) is 5.88 Å². The van der Waals surface area contributed by atoms with Gasteiger partial charge in [0.1, 0.15) is 0 Å². The van der Waals surface area contributed by atoms with E-state index in [0.717, 1.165) is 47.8 Å². The number of piperidine rings is 1. The Balaban J connectivity index is 1.70. The molecule has 1 N–H and O–H groups in total. The number of nitrogens with zero attached hydrogens (tertiary/aromatic N) is 3. The molecule has 1 aromatic heterocycles. The Morgan fingerprint density at radius 2 is 1.72 bits per heavy atom. The lowest BCUT2D eigenvalue weighted by molar-refractivity contribution is 0.213. The van der Waals surface area contributed by atoms with E-state index >= 15 is 0 Å². The van der Waals surface area contributed by atoms with E-state index in [1.54, 1.807) is 0 Å². The number of aromatic hydroxyl groups is 1. The van der Waals surface area contributed by atoms with Gasteiger partial charge in [-0.1, -0.05) is 30.3 Å². The van der Waals surface area contributed by atoms with Crippen molar-refractivity contribution in [3.8, 4) is 17.0 Å². The summed E-state index contributed by atoms with van der Waals surface area (Å²) in [7, 11) is 2.15. The maximum absolute atomic E-state index is 10.7. The molecular weight excluding hydrogens is 310 g/mol. The monoisotopic (exact) mass is 331 g/mol. The number of likely N-dealkylation sites (tertiary alicyclic amines) is 1. The second kappa shape index (κ2) is 6.27. The van der Waals surface area contributed by atoms with Gasteiger partial charge < -0.3 is 14.6 Å². The molecule has 4 rings (SSSR count). The van der Waals surface area contributed by atoms with Crippen LogP contribution in [0.2, 0.25) is 0 Å². The first kappa shape index (κ1) is 15.7. The molecule has 0 amide bonds. The Morgan fingerprint density at radius 3 is 2.40 bits per heavy atom. The summed E-state index contributed by atoms with van der Waals surface area (Å²) in [5.41, 5.74) is 2.83. The Labute approximate surface area is 147 Å². The van der Waals surface area contributed by atoms with E-state index in [-0.39, 0.29) is 0 Å². The van der Waals surface area contributed by atoms with Crippen molar-refractivity contribution in [1.82, 2.24) is 9.47 Å². The lowest BCUT2D eigenvalue weighted by Crippen LogP contribution is -2.31. The number of aromatic nitrogens is 1. The number of hydrogen-bond donors (Lipinski definition) is 1. The summed E-state index contributed by atoms with van der Waals surface area (Å²) in [6, 6.07) is 14.1. The van der Waals surface area contributed by atoms with Crippen LogP contribution in [0, 0.1) is 6.57 Å². The topological polar surface area (TPSA) is 32.8 Å². The number of hydrogen-bond acceptors (Lipinski definition) is 2. The maximum Gasteiger partial charge on any atom is 0.199 e. The average Bonchev–Trinajstić information content (AvgIpc) is 2.98. The van der Waals surface area contributed by atoms with Gasteiger partial charge in [0.25, 0.3) is 0 Å². The summed E-state index contributed by atoms with van der Waals surface area (Å²) in [5.74, 6) is 0.374. The van der Waals surface area contributed by atoms with Gasteiger partial charge in [0, 0.05) is 23.0 Å². The van der Waals surface area contributed by atoms with Gasteiger partial charge in [-0.3, -0.25) is 0 Å². The normalized spacial score (nSPS) is 16.2. The van der Waals surface area contributed by atoms with Crippen molar-refractivity contribution in [2.75, 3.05) is 20.1 Å². The SMILES string of the molecule is [C-]#[N+]c1ccc(-c2ccc3c(O)n(C4CCN(C)CC4)cc3c2)cc1. The van der Waals surface area contributed by atoms with Crippen LogP contribution in [0.4, 0.5) is 5.69 Å². The van der Waals surface area contributed by atoms with Crippen LogP contribution in [0.15, 0.2) is 48.7 Å². The minimum atomic E-state index is 0.366. The second-order valence-electron chi connectivity index (χ2n) is 6.86. The summed E-state index contributed by atoms with van der Waals surface area (Å²) in [6.07, 6.45) is 4.21. The zero-order chi connectivity index (χ0) is 17.4. The van der Waals surface area contributed by atoms with E-state index in [1.807, 2.05) is 41.0 Å². The molecule has 0 atom stereocenters. The third-order valence-electron chi connectivity index (χ3n) is 5.23. The molecule has 1 fully saturated rings. The molecule has 4 nitrogen and oxygen atoms in total. The highest BCUT2D eigenvalue weighted by Crippen LogP contribution is 2.36. The van der Waals surface area contributed by atoms with E-state index in [1.165, 1.54) is 0 Å². The molecule has 2 aromatic carbocycles. The predicted molar refractivity (Wildman–Crippen MR) is 101 cm³/mol. The molecule has 1 aliphatic heterocycles. The molecule has 126 valence electrons. The molecule has 3 aromatic rings. The minimum absolute atomic E-state index is 0.366. The summed E-state index contributed by atoms with van der Waals surface area (Å²) in [6.45, 7) is 9.19. The van der Waals surface area contributed by atoms with Crippen molar-refractivity contribution in [2.45, 2.75) is 18.9 Å². The van der Waals surface area contributed by atoms with Crippen LogP contribution in [0.25, 0.3) is 26.7 Å². The quantitative estimate of drug-likeness (QED) is 0.682. The number of fused-ring (bicyclic) bond motifs is 1. The first-order chi connectivity index (χ1) is 12.2. The van der Waals surface area contributed by atoms with Crippen LogP contribution in [0.3, 0.4) is 0 Å². The van der Waals surface area contributed by atoms with E-state index in [4.69, 9.17) is 6.57 Å². The Morgan fingerprint density at radius 1 is 1.04 bits per heavy atom. The summed E-state index contributed by atoms with van der Waals surface area (Å²) >= 11 is 0. The van der Waals surface area contributed by atoms with E-state index in [0.29, 0.717) is 17.6 Å². The fourth-order valence-corrected chi connectivity index (χ4v) is 3.68. The highest BCUT2D eigenvalue weighted by atomic mass is 16.3. The van der Waals surface area contributed by atoms with Gasteiger partial charge in [0.05, 0.1) is 6.57 Å². The lowest BCUT2D eigenvalue weighted by atomic mass is 10.0. The molecule has 4 heteroatoms. The van der Waals surface area contributed by atoms with Crippen molar-refractivity contribution >= 4 is 16.5 Å². The van der Waals surface area contributed by atoms with E-state index in [2.05, 4.69) is 29.1 Å². The number of benzene rings is 2. The van der Waals surface area contributed by atoms with Gasteiger partial charge in [0.15, 0.2) is 11.6 Å². The first-order valence-corrected chi connectivity index (χ1v) is 8.66. The standard InChI is InChI=1S/C21H21N3O/c1-22-18-6-3-15(4-7-18)16-5-8-20-17(13-16)14-24(21(20)25)19-9-11-23(2)12-10-19/h3-8,13-14,19,25H,9-12H2,2H3. The van der Waals surface area contributed by atoms with Gasteiger partial charge in [-0.25, -0.2) is 4.85 Å². The molecule has 0 aliphatic carbocycles. The van der Waals surface area contributed by atoms with Crippen LogP contribution in [0.1, 0.15) is 18.9 Å². The van der Waals surface area contributed by atoms with Crippen molar-refractivity contribution in [3.05, 3.63) is 60.1 Å². The van der Waals surface area contributed by atoms with Gasteiger partial charge in [-0.15, -0.1) is 0 Å². The van der Waals surface area contributed by atoms with Crippen LogP contribution < -0.4 is 0 Å². The fraction of sp³-hybridized carbons (Fsp3) is 0.286. The summed E-state index contributed by atoms with van der Waals surface area (Å²) in [5, 5.41) is 12.6. The molecule has 0 bridgehead atoms. The molecule has 0 spiro atoms. The second-order valence-corrected chi connectivity index (χ2v) is 6.86. The lowest BCUT2D eigenvalue weighted by Gasteiger charge is -2.30. The first-order valence-electron chi connectivity index (χ1n) is 8.66. The molecule has 0 unspecified atom stereocenters. The highest BCUT2D eigenvalue weighted by molar-refractivity contribution is 5.91. The van der Waals surface area contributed by atoms with E-state index in [9.17, 15) is 5.11 Å². The largest absolute Gasteiger partial charge is 0.494 e. The highest BCUT2D eigenvalue weighted by Gasteiger charge is 2.21. The summed E-state index contributed by atoms with van der Waals surface area (Å²) in [4.78, 5) is 5.77. The van der Waals surface area contributed by atoms with Crippen LogP contribution >= 0.6 is 0 Å². The van der Waals surface area contributed by atoms with Gasteiger partial charge >= 0.3 is 0 Å². The van der Waals surface area contributed by atoms with Crippen LogP contribution in [-0.4, -0.2) is 34.7 Å². The van der Waals surface area contributed by atoms with Gasteiger partial charge in [0.2, 0.25) is 0 Å². The molecule has 0 saturated carbocycles. The number of rotatable bonds is 2. The molecule has 1 saturated heterocycles.